The molecule has 0 spiro atoms. The number of rotatable bonds is 8. The van der Waals surface area contributed by atoms with E-state index in [2.05, 4.69) is 42.7 Å². The van der Waals surface area contributed by atoms with Crippen molar-refractivity contribution in [2.75, 3.05) is 35.6 Å². The lowest BCUT2D eigenvalue weighted by Crippen LogP contribution is -2.35. The van der Waals surface area contributed by atoms with E-state index in [9.17, 15) is 9.50 Å². The molecule has 0 radical (unpaired) electrons. The summed E-state index contributed by atoms with van der Waals surface area (Å²) < 4.78 is 13.7. The van der Waals surface area contributed by atoms with Gasteiger partial charge in [0.05, 0.1) is 0 Å². The van der Waals surface area contributed by atoms with E-state index in [0.29, 0.717) is 35.6 Å². The number of hydrogen-bond acceptors (Lipinski definition) is 8. The summed E-state index contributed by atoms with van der Waals surface area (Å²) >= 11 is 0. The number of aromatic nitrogens is 3. The van der Waals surface area contributed by atoms with Crippen molar-refractivity contribution in [3.05, 3.63) is 24.0 Å². The highest BCUT2D eigenvalue weighted by atomic mass is 19.1. The van der Waals surface area contributed by atoms with E-state index in [1.165, 1.54) is 44.2 Å². The molecule has 1 aromatic carbocycles. The Morgan fingerprint density at radius 2 is 1.75 bits per heavy atom. The van der Waals surface area contributed by atoms with Crippen LogP contribution in [0.15, 0.2) is 18.2 Å². The van der Waals surface area contributed by atoms with E-state index in [1.807, 2.05) is 0 Å². The summed E-state index contributed by atoms with van der Waals surface area (Å²) in [6, 6.07) is 4.68. The molecule has 4 rings (SSSR count). The molecule has 1 atom stereocenters. The molecule has 2 heterocycles. The maximum absolute atomic E-state index is 13.7. The first-order valence-corrected chi connectivity index (χ1v) is 11.8. The van der Waals surface area contributed by atoms with Gasteiger partial charge >= 0.3 is 0 Å². The molecule has 1 saturated carbocycles. The Morgan fingerprint density at radius 1 is 1.00 bits per heavy atom. The molecule has 1 aromatic heterocycles. The molecule has 1 saturated heterocycles. The standard InChI is InChI=1S/C23H34FN7O/c1-2-31-13-7-10-18(31)15-25-21-28-22(26-16-8-5-3-4-6-9-16)30-23(29-21)27-17-11-12-20(32)19(24)14-17/h11-12,14,16,18,32H,2-10,13,15H2,1H3,(H3,25,26,27,28,29,30)/p-1. The minimum Gasteiger partial charge on any atom is -0.870 e. The van der Waals surface area contributed by atoms with Crippen molar-refractivity contribution in [2.45, 2.75) is 70.4 Å². The van der Waals surface area contributed by atoms with Crippen LogP contribution in [0, 0.1) is 5.82 Å². The van der Waals surface area contributed by atoms with Crippen LogP contribution < -0.4 is 21.1 Å². The Hall–Kier alpha value is -2.68. The molecule has 32 heavy (non-hydrogen) atoms. The lowest BCUT2D eigenvalue weighted by atomic mass is 10.1. The largest absolute Gasteiger partial charge is 0.870 e. The number of likely N-dealkylation sites (N-methyl/N-ethyl adjacent to an activating group) is 1. The Balaban J connectivity index is 1.51. The average molecular weight is 443 g/mol. The number of anilines is 4. The van der Waals surface area contributed by atoms with Gasteiger partial charge in [-0.2, -0.15) is 15.0 Å². The molecule has 2 aliphatic rings. The summed E-state index contributed by atoms with van der Waals surface area (Å²) in [5, 5.41) is 21.3. The van der Waals surface area contributed by atoms with Crippen LogP contribution in [0.4, 0.5) is 27.9 Å². The number of nitrogens with zero attached hydrogens (tertiary/aromatic N) is 4. The Bertz CT molecular complexity index is 889. The van der Waals surface area contributed by atoms with Crippen LogP contribution in [-0.2, 0) is 0 Å². The number of hydrogen-bond donors (Lipinski definition) is 3. The maximum atomic E-state index is 13.7. The smallest absolute Gasteiger partial charge is 0.233 e. The van der Waals surface area contributed by atoms with E-state index < -0.39 is 11.6 Å². The zero-order valence-electron chi connectivity index (χ0n) is 18.7. The van der Waals surface area contributed by atoms with Crippen molar-refractivity contribution in [3.8, 4) is 5.75 Å². The zero-order chi connectivity index (χ0) is 22.3. The quantitative estimate of drug-likeness (QED) is 0.530. The SMILES string of the molecule is CCN1CCCC1CNc1nc(Nc2ccc([O-])c(F)c2)nc(NC2CCCCCC2)n1. The highest BCUT2D eigenvalue weighted by Gasteiger charge is 2.23. The molecule has 2 aromatic rings. The molecule has 2 fully saturated rings. The Morgan fingerprint density at radius 3 is 2.50 bits per heavy atom. The topological polar surface area (TPSA) is 101 Å². The molecular weight excluding hydrogens is 409 g/mol. The summed E-state index contributed by atoms with van der Waals surface area (Å²) in [6.07, 6.45) is 9.51. The van der Waals surface area contributed by atoms with Crippen LogP contribution in [0.3, 0.4) is 0 Å². The van der Waals surface area contributed by atoms with Crippen molar-refractivity contribution in [3.63, 3.8) is 0 Å². The maximum Gasteiger partial charge on any atom is 0.233 e. The van der Waals surface area contributed by atoms with E-state index in [-0.39, 0.29) is 0 Å². The molecular formula is C23H33FN7O-. The second-order valence-electron chi connectivity index (χ2n) is 8.71. The van der Waals surface area contributed by atoms with E-state index >= 15 is 0 Å². The van der Waals surface area contributed by atoms with Gasteiger partial charge in [0.25, 0.3) is 0 Å². The van der Waals surface area contributed by atoms with Gasteiger partial charge in [0.15, 0.2) is 0 Å². The van der Waals surface area contributed by atoms with Crippen LogP contribution in [0.1, 0.15) is 58.3 Å². The summed E-state index contributed by atoms with van der Waals surface area (Å²) in [5.74, 6) is -0.129. The number of benzene rings is 1. The fourth-order valence-electron chi connectivity index (χ4n) is 4.64. The predicted molar refractivity (Wildman–Crippen MR) is 123 cm³/mol. The van der Waals surface area contributed by atoms with Crippen molar-refractivity contribution < 1.29 is 9.50 Å². The number of nitrogens with one attached hydrogen (secondary N) is 3. The molecule has 174 valence electrons. The van der Waals surface area contributed by atoms with Crippen molar-refractivity contribution in [2.24, 2.45) is 0 Å². The number of halogens is 1. The molecule has 1 aliphatic carbocycles. The Kier molecular flexibility index (Phi) is 7.57. The van der Waals surface area contributed by atoms with Crippen LogP contribution in [0.2, 0.25) is 0 Å². The molecule has 0 bridgehead atoms. The third-order valence-corrected chi connectivity index (χ3v) is 6.41. The molecule has 8 nitrogen and oxygen atoms in total. The molecule has 1 aliphatic heterocycles. The summed E-state index contributed by atoms with van der Waals surface area (Å²) in [7, 11) is 0. The monoisotopic (exact) mass is 442 g/mol. The predicted octanol–water partition coefficient (Wildman–Crippen LogP) is 3.86. The first-order valence-electron chi connectivity index (χ1n) is 11.8. The summed E-state index contributed by atoms with van der Waals surface area (Å²) in [6.45, 7) is 5.11. The van der Waals surface area contributed by atoms with Gasteiger partial charge in [-0.1, -0.05) is 44.4 Å². The first kappa shape index (κ1) is 22.5. The molecule has 0 amide bonds. The van der Waals surface area contributed by atoms with Gasteiger partial charge in [0.2, 0.25) is 17.8 Å². The van der Waals surface area contributed by atoms with Gasteiger partial charge in [-0.3, -0.25) is 4.90 Å². The van der Waals surface area contributed by atoms with Gasteiger partial charge in [-0.25, -0.2) is 4.39 Å². The van der Waals surface area contributed by atoms with Crippen LogP contribution in [-0.4, -0.2) is 51.6 Å². The fourth-order valence-corrected chi connectivity index (χ4v) is 4.64. The van der Waals surface area contributed by atoms with Crippen molar-refractivity contribution in [1.82, 2.24) is 19.9 Å². The van der Waals surface area contributed by atoms with Crippen LogP contribution >= 0.6 is 0 Å². The molecule has 1 unspecified atom stereocenters. The third kappa shape index (κ3) is 5.97. The highest BCUT2D eigenvalue weighted by Crippen LogP contribution is 2.24. The number of likely N-dealkylation sites (tertiary alicyclic amines) is 1. The third-order valence-electron chi connectivity index (χ3n) is 6.41. The van der Waals surface area contributed by atoms with Crippen molar-refractivity contribution in [1.29, 1.82) is 0 Å². The Labute approximate surface area is 189 Å². The lowest BCUT2D eigenvalue weighted by Gasteiger charge is -2.23. The normalized spacial score (nSPS) is 20.1. The second-order valence-corrected chi connectivity index (χ2v) is 8.71. The minimum absolute atomic E-state index is 0.315. The van der Waals surface area contributed by atoms with Crippen LogP contribution in [0.25, 0.3) is 0 Å². The van der Waals surface area contributed by atoms with Gasteiger partial charge in [-0.05, 0) is 50.9 Å². The summed E-state index contributed by atoms with van der Waals surface area (Å²) in [4.78, 5) is 16.1. The summed E-state index contributed by atoms with van der Waals surface area (Å²) in [5.41, 5.74) is 0.424. The molecule has 3 N–H and O–H groups in total. The first-order chi connectivity index (χ1) is 15.6. The van der Waals surface area contributed by atoms with E-state index in [0.717, 1.165) is 45.0 Å². The zero-order valence-corrected chi connectivity index (χ0v) is 18.7. The lowest BCUT2D eigenvalue weighted by molar-refractivity contribution is -0.272. The second kappa shape index (κ2) is 10.8. The van der Waals surface area contributed by atoms with Gasteiger partial charge in [-0.15, -0.1) is 0 Å². The van der Waals surface area contributed by atoms with Crippen LogP contribution in [0.5, 0.6) is 5.75 Å². The average Bonchev–Trinajstić information content (AvgIpc) is 3.09. The van der Waals surface area contributed by atoms with Crippen molar-refractivity contribution >= 4 is 23.5 Å². The van der Waals surface area contributed by atoms with Gasteiger partial charge in [0, 0.05) is 24.3 Å². The fraction of sp³-hybridized carbons (Fsp3) is 0.609. The highest BCUT2D eigenvalue weighted by molar-refractivity contribution is 5.57. The van der Waals surface area contributed by atoms with E-state index in [4.69, 9.17) is 0 Å². The molecule has 9 heteroatoms. The van der Waals surface area contributed by atoms with Gasteiger partial charge < -0.3 is 21.1 Å². The van der Waals surface area contributed by atoms with E-state index in [1.54, 1.807) is 0 Å². The minimum atomic E-state index is -0.805. The van der Waals surface area contributed by atoms with Gasteiger partial charge in [0.1, 0.15) is 5.82 Å².